The van der Waals surface area contributed by atoms with E-state index in [-0.39, 0.29) is 6.04 Å². The Balaban J connectivity index is 1.89. The second-order valence-electron chi connectivity index (χ2n) is 3.41. The number of benzene rings is 1. The first kappa shape index (κ1) is 9.86. The van der Waals surface area contributed by atoms with Crippen LogP contribution in [0.2, 0.25) is 0 Å². The van der Waals surface area contributed by atoms with Gasteiger partial charge in [0, 0.05) is 0 Å². The molecule has 0 radical (unpaired) electrons. The second kappa shape index (κ2) is 4.70. The van der Waals surface area contributed by atoms with E-state index in [9.17, 15) is 0 Å². The molecule has 0 fully saturated rings. The molecular weight excluding hydrogens is 190 g/mol. The lowest BCUT2D eigenvalue weighted by Gasteiger charge is -2.05. The molecule has 2 N–H and O–H groups in total. The first-order valence-corrected chi connectivity index (χ1v) is 4.92. The summed E-state index contributed by atoms with van der Waals surface area (Å²) < 4.78 is 4.90. The van der Waals surface area contributed by atoms with Crippen molar-refractivity contribution in [3.8, 4) is 0 Å². The Morgan fingerprint density at radius 1 is 1.27 bits per heavy atom. The highest BCUT2D eigenvalue weighted by molar-refractivity contribution is 5.14. The Kier molecular flexibility index (Phi) is 3.09. The molecule has 0 saturated carbocycles. The zero-order chi connectivity index (χ0) is 10.5. The van der Waals surface area contributed by atoms with E-state index in [1.807, 2.05) is 18.2 Å². The van der Waals surface area contributed by atoms with Crippen molar-refractivity contribution in [1.82, 2.24) is 10.1 Å². The van der Waals surface area contributed by atoms with Gasteiger partial charge in [-0.3, -0.25) is 0 Å². The normalized spacial score (nSPS) is 12.6. The van der Waals surface area contributed by atoms with Gasteiger partial charge in [0.15, 0.2) is 6.33 Å². The molecule has 1 atom stereocenters. The van der Waals surface area contributed by atoms with Crippen LogP contribution in [-0.4, -0.2) is 10.1 Å². The molecule has 1 unspecified atom stereocenters. The fourth-order valence-electron chi connectivity index (χ4n) is 1.44. The molecule has 0 bridgehead atoms. The number of aromatic nitrogens is 2. The highest BCUT2D eigenvalue weighted by atomic mass is 16.5. The summed E-state index contributed by atoms with van der Waals surface area (Å²) in [6.07, 6.45) is 3.11. The number of aryl methyl sites for hydroxylation is 1. The molecule has 0 saturated heterocycles. The molecule has 1 aromatic heterocycles. The Labute approximate surface area is 88.1 Å². The Bertz CT molecular complexity index is 385. The molecule has 0 spiro atoms. The van der Waals surface area contributed by atoms with E-state index in [1.54, 1.807) is 0 Å². The standard InChI is InChI=1S/C11H13N3O/c12-10(11-13-8-14-15-11)7-6-9-4-2-1-3-5-9/h1-5,8,10H,6-7,12H2. The summed E-state index contributed by atoms with van der Waals surface area (Å²) in [7, 11) is 0. The number of hydrogen-bond donors (Lipinski definition) is 1. The predicted octanol–water partition coefficient (Wildman–Crippen LogP) is 1.70. The Morgan fingerprint density at radius 2 is 2.07 bits per heavy atom. The molecule has 4 nitrogen and oxygen atoms in total. The molecule has 4 heteroatoms. The van der Waals surface area contributed by atoms with Crippen LogP contribution >= 0.6 is 0 Å². The van der Waals surface area contributed by atoms with Crippen LogP contribution in [0.4, 0.5) is 0 Å². The van der Waals surface area contributed by atoms with Gasteiger partial charge < -0.3 is 10.3 Å². The minimum atomic E-state index is -0.173. The maximum absolute atomic E-state index is 5.89. The van der Waals surface area contributed by atoms with Crippen LogP contribution < -0.4 is 5.73 Å². The largest absolute Gasteiger partial charge is 0.338 e. The zero-order valence-corrected chi connectivity index (χ0v) is 8.34. The molecule has 15 heavy (non-hydrogen) atoms. The third-order valence-corrected chi connectivity index (χ3v) is 2.28. The first-order chi connectivity index (χ1) is 7.36. The lowest BCUT2D eigenvalue weighted by atomic mass is 10.1. The summed E-state index contributed by atoms with van der Waals surface area (Å²) in [5.41, 5.74) is 7.16. The summed E-state index contributed by atoms with van der Waals surface area (Å²) in [4.78, 5) is 3.93. The van der Waals surface area contributed by atoms with Crippen LogP contribution in [0.5, 0.6) is 0 Å². The zero-order valence-electron chi connectivity index (χ0n) is 8.34. The third kappa shape index (κ3) is 2.63. The van der Waals surface area contributed by atoms with E-state index >= 15 is 0 Å². The first-order valence-electron chi connectivity index (χ1n) is 4.92. The fourth-order valence-corrected chi connectivity index (χ4v) is 1.44. The van der Waals surface area contributed by atoms with Crippen molar-refractivity contribution in [2.45, 2.75) is 18.9 Å². The monoisotopic (exact) mass is 203 g/mol. The van der Waals surface area contributed by atoms with Crippen LogP contribution in [-0.2, 0) is 6.42 Å². The maximum atomic E-state index is 5.89. The van der Waals surface area contributed by atoms with Gasteiger partial charge in [0.1, 0.15) is 0 Å². The minimum Gasteiger partial charge on any atom is -0.338 e. The van der Waals surface area contributed by atoms with E-state index in [0.29, 0.717) is 5.89 Å². The average molecular weight is 203 g/mol. The van der Waals surface area contributed by atoms with Gasteiger partial charge in [0.05, 0.1) is 6.04 Å². The van der Waals surface area contributed by atoms with Gasteiger partial charge in [-0.1, -0.05) is 35.5 Å². The van der Waals surface area contributed by atoms with Crippen LogP contribution in [0.15, 0.2) is 41.2 Å². The van der Waals surface area contributed by atoms with Gasteiger partial charge in [-0.05, 0) is 18.4 Å². The number of nitrogens with two attached hydrogens (primary N) is 1. The molecule has 0 aliphatic carbocycles. The number of rotatable bonds is 4. The fraction of sp³-hybridized carbons (Fsp3) is 0.273. The smallest absolute Gasteiger partial charge is 0.243 e. The van der Waals surface area contributed by atoms with Crippen molar-refractivity contribution in [2.75, 3.05) is 0 Å². The summed E-state index contributed by atoms with van der Waals surface area (Å²) in [5, 5.41) is 3.53. The Hall–Kier alpha value is -1.68. The summed E-state index contributed by atoms with van der Waals surface area (Å²) in [6.45, 7) is 0. The maximum Gasteiger partial charge on any atom is 0.243 e. The minimum absolute atomic E-state index is 0.173. The lowest BCUT2D eigenvalue weighted by molar-refractivity contribution is 0.348. The van der Waals surface area contributed by atoms with Gasteiger partial charge in [-0.2, -0.15) is 4.98 Å². The average Bonchev–Trinajstić information content (AvgIpc) is 2.81. The molecule has 2 rings (SSSR count). The number of hydrogen-bond acceptors (Lipinski definition) is 4. The van der Waals surface area contributed by atoms with Crippen molar-refractivity contribution in [3.05, 3.63) is 48.1 Å². The van der Waals surface area contributed by atoms with Gasteiger partial charge in [-0.15, -0.1) is 0 Å². The molecule has 2 aromatic rings. The molecule has 0 amide bonds. The van der Waals surface area contributed by atoms with Gasteiger partial charge in [-0.25, -0.2) is 0 Å². The summed E-state index contributed by atoms with van der Waals surface area (Å²) in [6, 6.07) is 10.0. The van der Waals surface area contributed by atoms with E-state index < -0.39 is 0 Å². The van der Waals surface area contributed by atoms with E-state index in [0.717, 1.165) is 12.8 Å². The highest BCUT2D eigenvalue weighted by Crippen LogP contribution is 2.13. The topological polar surface area (TPSA) is 64.9 Å². The molecule has 1 aromatic carbocycles. The van der Waals surface area contributed by atoms with Gasteiger partial charge in [0.2, 0.25) is 5.89 Å². The van der Waals surface area contributed by atoms with Gasteiger partial charge in [0.25, 0.3) is 0 Å². The summed E-state index contributed by atoms with van der Waals surface area (Å²) >= 11 is 0. The SMILES string of the molecule is NC(CCc1ccccc1)c1ncno1. The van der Waals surface area contributed by atoms with Crippen molar-refractivity contribution in [2.24, 2.45) is 5.73 Å². The molecular formula is C11H13N3O. The van der Waals surface area contributed by atoms with Crippen LogP contribution in [0.25, 0.3) is 0 Å². The van der Waals surface area contributed by atoms with Crippen LogP contribution in [0.3, 0.4) is 0 Å². The van der Waals surface area contributed by atoms with Gasteiger partial charge >= 0.3 is 0 Å². The van der Waals surface area contributed by atoms with Crippen LogP contribution in [0, 0.1) is 0 Å². The van der Waals surface area contributed by atoms with Crippen molar-refractivity contribution >= 4 is 0 Å². The summed E-state index contributed by atoms with van der Waals surface area (Å²) in [5.74, 6) is 0.505. The Morgan fingerprint density at radius 3 is 2.73 bits per heavy atom. The van der Waals surface area contributed by atoms with E-state index in [4.69, 9.17) is 10.3 Å². The molecule has 0 aliphatic rings. The van der Waals surface area contributed by atoms with E-state index in [1.165, 1.54) is 11.9 Å². The quantitative estimate of drug-likeness (QED) is 0.821. The lowest BCUT2D eigenvalue weighted by Crippen LogP contribution is -2.11. The second-order valence-corrected chi connectivity index (χ2v) is 3.41. The van der Waals surface area contributed by atoms with Crippen molar-refractivity contribution in [3.63, 3.8) is 0 Å². The van der Waals surface area contributed by atoms with Crippen molar-refractivity contribution < 1.29 is 4.52 Å². The predicted molar refractivity (Wildman–Crippen MR) is 56.0 cm³/mol. The third-order valence-electron chi connectivity index (χ3n) is 2.28. The van der Waals surface area contributed by atoms with E-state index in [2.05, 4.69) is 22.3 Å². The molecule has 0 aliphatic heterocycles. The van der Waals surface area contributed by atoms with Crippen LogP contribution in [0.1, 0.15) is 23.9 Å². The van der Waals surface area contributed by atoms with Crippen molar-refractivity contribution in [1.29, 1.82) is 0 Å². The number of nitrogens with zero attached hydrogens (tertiary/aromatic N) is 2. The highest BCUT2D eigenvalue weighted by Gasteiger charge is 2.11. The molecule has 78 valence electrons. The molecule has 1 heterocycles.